The van der Waals surface area contributed by atoms with Gasteiger partial charge in [-0.3, -0.25) is 0 Å². The van der Waals surface area contributed by atoms with Gasteiger partial charge in [-0.2, -0.15) is 0 Å². The fraction of sp³-hybridized carbons (Fsp3) is 0.700. The summed E-state index contributed by atoms with van der Waals surface area (Å²) in [5.74, 6) is 0.787. The highest BCUT2D eigenvalue weighted by molar-refractivity contribution is 7.07. The van der Waals surface area contributed by atoms with Crippen LogP contribution in [0.15, 0.2) is 10.9 Å². The second kappa shape index (κ2) is 6.11. The summed E-state index contributed by atoms with van der Waals surface area (Å²) in [5.41, 5.74) is 3.10. The van der Waals surface area contributed by atoms with Gasteiger partial charge in [0.25, 0.3) is 0 Å². The number of aromatic nitrogens is 1. The van der Waals surface area contributed by atoms with Gasteiger partial charge >= 0.3 is 0 Å². The van der Waals surface area contributed by atoms with Crippen molar-refractivity contribution >= 4 is 11.3 Å². The molecule has 0 aliphatic heterocycles. The predicted molar refractivity (Wildman–Crippen MR) is 58.1 cm³/mol. The van der Waals surface area contributed by atoms with Gasteiger partial charge in [0, 0.05) is 18.3 Å². The maximum atomic E-state index is 4.23. The minimum absolute atomic E-state index is 0.787. The molecule has 0 aliphatic carbocycles. The molecule has 0 radical (unpaired) electrons. The summed E-state index contributed by atoms with van der Waals surface area (Å²) >= 11 is 1.67. The number of hydrogen-bond donors (Lipinski definition) is 1. The first kappa shape index (κ1) is 10.7. The smallest absolute Gasteiger partial charge is 0.0794 e. The van der Waals surface area contributed by atoms with Crippen molar-refractivity contribution in [1.29, 1.82) is 0 Å². The fourth-order valence-corrected chi connectivity index (χ4v) is 1.66. The van der Waals surface area contributed by atoms with E-state index < -0.39 is 0 Å². The minimum Gasteiger partial charge on any atom is -0.316 e. The molecule has 1 heterocycles. The summed E-state index contributed by atoms with van der Waals surface area (Å²) in [6.45, 7) is 6.68. The van der Waals surface area contributed by atoms with E-state index in [1.807, 2.05) is 5.51 Å². The van der Waals surface area contributed by atoms with Crippen LogP contribution < -0.4 is 5.32 Å². The maximum absolute atomic E-state index is 4.23. The first-order valence-corrected chi connectivity index (χ1v) is 5.85. The van der Waals surface area contributed by atoms with Crippen molar-refractivity contribution in [2.45, 2.75) is 26.7 Å². The van der Waals surface area contributed by atoms with Crippen LogP contribution in [0.4, 0.5) is 0 Å². The van der Waals surface area contributed by atoms with Crippen molar-refractivity contribution in [2.75, 3.05) is 13.1 Å². The molecule has 0 saturated carbocycles. The lowest BCUT2D eigenvalue weighted by molar-refractivity contribution is 0.501. The van der Waals surface area contributed by atoms with Gasteiger partial charge < -0.3 is 5.32 Å². The summed E-state index contributed by atoms with van der Waals surface area (Å²) < 4.78 is 0. The van der Waals surface area contributed by atoms with Crippen molar-refractivity contribution < 1.29 is 0 Å². The zero-order valence-electron chi connectivity index (χ0n) is 8.42. The Morgan fingerprint density at radius 3 is 3.08 bits per heavy atom. The Balaban J connectivity index is 2.02. The highest BCUT2D eigenvalue weighted by Crippen LogP contribution is 2.01. The van der Waals surface area contributed by atoms with Crippen LogP contribution in [0.1, 0.15) is 26.0 Å². The molecule has 0 bridgehead atoms. The Kier molecular flexibility index (Phi) is 5.01. The molecule has 1 aromatic rings. The van der Waals surface area contributed by atoms with Crippen LogP contribution in [-0.2, 0) is 6.42 Å². The van der Waals surface area contributed by atoms with Gasteiger partial charge in [-0.05, 0) is 12.5 Å². The molecule has 1 rings (SSSR count). The van der Waals surface area contributed by atoms with Crippen molar-refractivity contribution in [3.63, 3.8) is 0 Å². The molecule has 0 aliphatic rings. The molecule has 0 spiro atoms. The third-order valence-electron chi connectivity index (χ3n) is 2.23. The van der Waals surface area contributed by atoms with Gasteiger partial charge in [0.1, 0.15) is 0 Å². The lowest BCUT2D eigenvalue weighted by Crippen LogP contribution is -2.23. The zero-order chi connectivity index (χ0) is 9.52. The first-order chi connectivity index (χ1) is 6.33. The molecule has 1 unspecified atom stereocenters. The third-order valence-corrected chi connectivity index (χ3v) is 2.87. The SMILES string of the molecule is CCC(C)CNCCc1cscn1. The highest BCUT2D eigenvalue weighted by Gasteiger charge is 1.98. The Morgan fingerprint density at radius 1 is 1.62 bits per heavy atom. The van der Waals surface area contributed by atoms with E-state index >= 15 is 0 Å². The molecule has 2 nitrogen and oxygen atoms in total. The monoisotopic (exact) mass is 198 g/mol. The predicted octanol–water partition coefficient (Wildman–Crippen LogP) is 2.32. The quantitative estimate of drug-likeness (QED) is 0.710. The third kappa shape index (κ3) is 4.39. The topological polar surface area (TPSA) is 24.9 Å². The van der Waals surface area contributed by atoms with E-state index in [4.69, 9.17) is 0 Å². The number of nitrogens with zero attached hydrogens (tertiary/aromatic N) is 1. The Bertz CT molecular complexity index is 209. The van der Waals surface area contributed by atoms with E-state index in [0.717, 1.165) is 25.4 Å². The molecular formula is C10H18N2S. The van der Waals surface area contributed by atoms with Crippen LogP contribution in [-0.4, -0.2) is 18.1 Å². The lowest BCUT2D eigenvalue weighted by Gasteiger charge is -2.08. The molecule has 0 fully saturated rings. The molecule has 3 heteroatoms. The molecule has 1 N–H and O–H groups in total. The molecule has 74 valence electrons. The van der Waals surface area contributed by atoms with Crippen molar-refractivity contribution in [2.24, 2.45) is 5.92 Å². The number of thiazole rings is 1. The van der Waals surface area contributed by atoms with Crippen LogP contribution in [0.25, 0.3) is 0 Å². The van der Waals surface area contributed by atoms with E-state index in [0.29, 0.717) is 0 Å². The maximum Gasteiger partial charge on any atom is 0.0794 e. The second-order valence-electron chi connectivity index (χ2n) is 3.45. The Morgan fingerprint density at radius 2 is 2.46 bits per heavy atom. The van der Waals surface area contributed by atoms with Crippen molar-refractivity contribution in [1.82, 2.24) is 10.3 Å². The summed E-state index contributed by atoms with van der Waals surface area (Å²) in [6.07, 6.45) is 2.31. The van der Waals surface area contributed by atoms with Gasteiger partial charge in [-0.15, -0.1) is 11.3 Å². The Hall–Kier alpha value is -0.410. The number of hydrogen-bond acceptors (Lipinski definition) is 3. The van der Waals surface area contributed by atoms with Crippen molar-refractivity contribution in [3.8, 4) is 0 Å². The first-order valence-electron chi connectivity index (χ1n) is 4.90. The van der Waals surface area contributed by atoms with E-state index in [1.165, 1.54) is 12.1 Å². The van der Waals surface area contributed by atoms with Gasteiger partial charge in [-0.25, -0.2) is 4.98 Å². The van der Waals surface area contributed by atoms with Crippen LogP contribution >= 0.6 is 11.3 Å². The minimum atomic E-state index is 0.787. The fourth-order valence-electron chi connectivity index (χ4n) is 1.07. The molecule has 0 aromatic carbocycles. The highest BCUT2D eigenvalue weighted by atomic mass is 32.1. The van der Waals surface area contributed by atoms with Crippen LogP contribution in [0, 0.1) is 5.92 Å². The van der Waals surface area contributed by atoms with Gasteiger partial charge in [-0.1, -0.05) is 20.3 Å². The summed E-state index contributed by atoms with van der Waals surface area (Å²) in [7, 11) is 0. The van der Waals surface area contributed by atoms with Crippen LogP contribution in [0.5, 0.6) is 0 Å². The molecule has 0 saturated heterocycles. The lowest BCUT2D eigenvalue weighted by atomic mass is 10.1. The molecule has 13 heavy (non-hydrogen) atoms. The van der Waals surface area contributed by atoms with Crippen LogP contribution in [0.3, 0.4) is 0 Å². The normalized spacial score (nSPS) is 13.1. The Labute approximate surface area is 84.4 Å². The van der Waals surface area contributed by atoms with Gasteiger partial charge in [0.2, 0.25) is 0 Å². The molecular weight excluding hydrogens is 180 g/mol. The summed E-state index contributed by atoms with van der Waals surface area (Å²) in [5, 5.41) is 5.55. The summed E-state index contributed by atoms with van der Waals surface area (Å²) in [6, 6.07) is 0. The largest absolute Gasteiger partial charge is 0.316 e. The van der Waals surface area contributed by atoms with Gasteiger partial charge in [0.05, 0.1) is 11.2 Å². The number of rotatable bonds is 6. The zero-order valence-corrected chi connectivity index (χ0v) is 9.23. The second-order valence-corrected chi connectivity index (χ2v) is 4.17. The average Bonchev–Trinajstić information content (AvgIpc) is 2.64. The van der Waals surface area contributed by atoms with E-state index in [1.54, 1.807) is 11.3 Å². The van der Waals surface area contributed by atoms with Crippen molar-refractivity contribution in [3.05, 3.63) is 16.6 Å². The standard InChI is InChI=1S/C10H18N2S/c1-3-9(2)6-11-5-4-10-7-13-8-12-10/h7-9,11H,3-6H2,1-2H3. The van der Waals surface area contributed by atoms with Gasteiger partial charge in [0.15, 0.2) is 0 Å². The summed E-state index contributed by atoms with van der Waals surface area (Å²) in [4.78, 5) is 4.23. The van der Waals surface area contributed by atoms with E-state index in [-0.39, 0.29) is 0 Å². The molecule has 1 aromatic heterocycles. The van der Waals surface area contributed by atoms with E-state index in [9.17, 15) is 0 Å². The average molecular weight is 198 g/mol. The van der Waals surface area contributed by atoms with E-state index in [2.05, 4.69) is 29.5 Å². The number of nitrogens with one attached hydrogen (secondary N) is 1. The molecule has 0 amide bonds. The van der Waals surface area contributed by atoms with Crippen LogP contribution in [0.2, 0.25) is 0 Å². The molecule has 1 atom stereocenters.